The molecule has 0 aliphatic heterocycles. The number of hydrogen-bond acceptors (Lipinski definition) is 3. The molecule has 1 aromatic carbocycles. The minimum atomic E-state index is -3.38. The summed E-state index contributed by atoms with van der Waals surface area (Å²) >= 11 is 11.8. The Hall–Kier alpha value is -1.02. The van der Waals surface area contributed by atoms with Crippen LogP contribution in [0.5, 0.6) is 0 Å². The third-order valence-electron chi connectivity index (χ3n) is 3.65. The van der Waals surface area contributed by atoms with Gasteiger partial charge in [-0.15, -0.1) is 0 Å². The maximum atomic E-state index is 11.8. The second-order valence-electron chi connectivity index (χ2n) is 5.47. The predicted octanol–water partition coefficient (Wildman–Crippen LogP) is 2.83. The fraction of sp³-hybridized carbons (Fsp3) is 0.500. The molecular weight excluding hydrogens is 361 g/mol. The molecule has 2 amide bonds. The number of halogens is 2. The monoisotopic (exact) mass is 379 g/mol. The fourth-order valence-electron chi connectivity index (χ4n) is 2.07. The van der Waals surface area contributed by atoms with Crippen molar-refractivity contribution in [2.45, 2.75) is 19.3 Å². The van der Waals surface area contributed by atoms with Gasteiger partial charge in [-0.25, -0.2) is 17.9 Å². The lowest BCUT2D eigenvalue weighted by molar-refractivity contribution is 0.252. The Morgan fingerprint density at radius 2 is 2.00 bits per heavy atom. The highest BCUT2D eigenvalue weighted by Crippen LogP contribution is 2.26. The molecule has 1 aliphatic carbocycles. The summed E-state index contributed by atoms with van der Waals surface area (Å²) in [5, 5.41) is 5.79. The Morgan fingerprint density at radius 1 is 1.26 bits per heavy atom. The molecule has 0 aromatic heterocycles. The number of urea groups is 1. The van der Waals surface area contributed by atoms with E-state index in [1.54, 1.807) is 12.1 Å². The smallest absolute Gasteiger partial charge is 0.319 e. The van der Waals surface area contributed by atoms with Gasteiger partial charge in [0.2, 0.25) is 10.0 Å². The summed E-state index contributed by atoms with van der Waals surface area (Å²) in [6.07, 6.45) is 3.31. The molecule has 0 heterocycles. The lowest BCUT2D eigenvalue weighted by atomic mass is 9.86. The van der Waals surface area contributed by atoms with E-state index < -0.39 is 16.1 Å². The molecule has 1 saturated carbocycles. The first kappa shape index (κ1) is 18.3. The normalized spacial score (nSPS) is 15.0. The lowest BCUT2D eigenvalue weighted by Gasteiger charge is -2.25. The lowest BCUT2D eigenvalue weighted by Crippen LogP contribution is -2.38. The average Bonchev–Trinajstić information content (AvgIpc) is 2.40. The molecule has 9 heteroatoms. The van der Waals surface area contributed by atoms with Crippen molar-refractivity contribution in [3.8, 4) is 0 Å². The van der Waals surface area contributed by atoms with E-state index in [0.29, 0.717) is 28.2 Å². The van der Waals surface area contributed by atoms with Gasteiger partial charge in [-0.05, 0) is 37.0 Å². The second kappa shape index (κ2) is 8.19. The Morgan fingerprint density at radius 3 is 2.65 bits per heavy atom. The van der Waals surface area contributed by atoms with Gasteiger partial charge in [-0.2, -0.15) is 0 Å². The molecule has 0 atom stereocenters. The second-order valence-corrected chi connectivity index (χ2v) is 8.24. The maximum absolute atomic E-state index is 11.8. The number of carbonyl (C=O) groups excluding carboxylic acids is 1. The molecule has 0 saturated heterocycles. The van der Waals surface area contributed by atoms with Crippen LogP contribution in [0.15, 0.2) is 18.2 Å². The molecule has 2 rings (SSSR count). The topological polar surface area (TPSA) is 87.3 Å². The van der Waals surface area contributed by atoms with Gasteiger partial charge in [0.15, 0.2) is 0 Å². The standard InChI is InChI=1S/C14H19Cl2N3O3S/c15-11-4-5-12(16)13(8-11)19-14(20)17-6-7-23(21,22)18-9-10-2-1-3-10/h4-5,8,10,18H,1-3,6-7,9H2,(H2,17,19,20). The number of amides is 2. The van der Waals surface area contributed by atoms with E-state index in [1.807, 2.05) is 0 Å². The molecule has 1 fully saturated rings. The molecule has 0 bridgehead atoms. The van der Waals surface area contributed by atoms with Crippen LogP contribution in [0.3, 0.4) is 0 Å². The van der Waals surface area contributed by atoms with E-state index >= 15 is 0 Å². The van der Waals surface area contributed by atoms with E-state index in [1.165, 1.54) is 12.5 Å². The highest BCUT2D eigenvalue weighted by molar-refractivity contribution is 7.89. The van der Waals surface area contributed by atoms with Crippen LogP contribution in [0.1, 0.15) is 19.3 Å². The zero-order valence-electron chi connectivity index (χ0n) is 12.4. The van der Waals surface area contributed by atoms with Crippen LogP contribution in [-0.4, -0.2) is 33.3 Å². The first-order chi connectivity index (χ1) is 10.9. The van der Waals surface area contributed by atoms with Gasteiger partial charge >= 0.3 is 6.03 Å². The Kier molecular flexibility index (Phi) is 6.52. The first-order valence-corrected chi connectivity index (χ1v) is 9.74. The van der Waals surface area contributed by atoms with Gasteiger partial charge in [0.05, 0.1) is 16.5 Å². The van der Waals surface area contributed by atoms with Crippen molar-refractivity contribution in [1.29, 1.82) is 0 Å². The summed E-state index contributed by atoms with van der Waals surface area (Å²) in [4.78, 5) is 11.7. The Bertz CT molecular complexity index is 663. The summed E-state index contributed by atoms with van der Waals surface area (Å²) in [5.41, 5.74) is 0.364. The van der Waals surface area contributed by atoms with Crippen LogP contribution >= 0.6 is 23.2 Å². The number of benzene rings is 1. The number of sulfonamides is 1. The van der Waals surface area contributed by atoms with Crippen molar-refractivity contribution in [1.82, 2.24) is 10.0 Å². The molecule has 0 unspecified atom stereocenters. The van der Waals surface area contributed by atoms with Crippen LogP contribution < -0.4 is 15.4 Å². The predicted molar refractivity (Wildman–Crippen MR) is 92.6 cm³/mol. The zero-order chi connectivity index (χ0) is 16.9. The van der Waals surface area contributed by atoms with Crippen LogP contribution in [0.2, 0.25) is 10.0 Å². The van der Waals surface area contributed by atoms with Crippen LogP contribution in [0.4, 0.5) is 10.5 Å². The van der Waals surface area contributed by atoms with E-state index in [2.05, 4.69) is 15.4 Å². The highest BCUT2D eigenvalue weighted by atomic mass is 35.5. The summed E-state index contributed by atoms with van der Waals surface area (Å²) in [7, 11) is -3.38. The number of anilines is 1. The highest BCUT2D eigenvalue weighted by Gasteiger charge is 2.20. The Labute approximate surface area is 146 Å². The van der Waals surface area contributed by atoms with E-state index in [-0.39, 0.29) is 12.3 Å². The molecule has 1 aliphatic rings. The average molecular weight is 380 g/mol. The van der Waals surface area contributed by atoms with Crippen molar-refractivity contribution in [2.24, 2.45) is 5.92 Å². The third-order valence-corrected chi connectivity index (χ3v) is 5.56. The molecule has 6 nitrogen and oxygen atoms in total. The fourth-order valence-corrected chi connectivity index (χ4v) is 3.41. The van der Waals surface area contributed by atoms with E-state index in [4.69, 9.17) is 23.2 Å². The third kappa shape index (κ3) is 6.18. The van der Waals surface area contributed by atoms with Gasteiger partial charge in [0, 0.05) is 18.1 Å². The molecule has 3 N–H and O–H groups in total. The van der Waals surface area contributed by atoms with Crippen LogP contribution in [-0.2, 0) is 10.0 Å². The van der Waals surface area contributed by atoms with Crippen molar-refractivity contribution >= 4 is 44.9 Å². The number of nitrogens with one attached hydrogen (secondary N) is 3. The van der Waals surface area contributed by atoms with Crippen LogP contribution in [0.25, 0.3) is 0 Å². The number of rotatable bonds is 7. The van der Waals surface area contributed by atoms with Gasteiger partial charge in [0.25, 0.3) is 0 Å². The number of carbonyl (C=O) groups is 1. The van der Waals surface area contributed by atoms with Crippen molar-refractivity contribution in [3.63, 3.8) is 0 Å². The summed E-state index contributed by atoms with van der Waals surface area (Å²) < 4.78 is 26.1. The van der Waals surface area contributed by atoms with Crippen molar-refractivity contribution in [3.05, 3.63) is 28.2 Å². The van der Waals surface area contributed by atoms with Crippen molar-refractivity contribution < 1.29 is 13.2 Å². The minimum absolute atomic E-state index is 0.00399. The molecule has 0 spiro atoms. The molecule has 0 radical (unpaired) electrons. The summed E-state index contributed by atoms with van der Waals surface area (Å²) in [5.74, 6) is 0.280. The summed E-state index contributed by atoms with van der Waals surface area (Å²) in [6.45, 7) is 0.483. The minimum Gasteiger partial charge on any atom is -0.337 e. The molecule has 1 aromatic rings. The quantitative estimate of drug-likeness (QED) is 0.680. The number of hydrogen-bond donors (Lipinski definition) is 3. The zero-order valence-corrected chi connectivity index (χ0v) is 14.8. The molecule has 23 heavy (non-hydrogen) atoms. The first-order valence-electron chi connectivity index (χ1n) is 7.33. The van der Waals surface area contributed by atoms with E-state index in [0.717, 1.165) is 12.8 Å². The largest absolute Gasteiger partial charge is 0.337 e. The SMILES string of the molecule is O=C(NCCS(=O)(=O)NCC1CCC1)Nc1cc(Cl)ccc1Cl. The maximum Gasteiger partial charge on any atom is 0.319 e. The Balaban J connectivity index is 1.72. The van der Waals surface area contributed by atoms with Crippen LogP contribution in [0, 0.1) is 5.92 Å². The molecular formula is C14H19Cl2N3O3S. The molecule has 128 valence electrons. The van der Waals surface area contributed by atoms with Gasteiger partial charge in [0.1, 0.15) is 0 Å². The summed E-state index contributed by atoms with van der Waals surface area (Å²) in [6, 6.07) is 4.14. The van der Waals surface area contributed by atoms with Gasteiger partial charge in [-0.3, -0.25) is 0 Å². The van der Waals surface area contributed by atoms with E-state index in [9.17, 15) is 13.2 Å². The van der Waals surface area contributed by atoms with Gasteiger partial charge in [-0.1, -0.05) is 29.6 Å². The van der Waals surface area contributed by atoms with Gasteiger partial charge < -0.3 is 10.6 Å². The van der Waals surface area contributed by atoms with Crippen molar-refractivity contribution in [2.75, 3.05) is 24.2 Å².